The average molecular weight is 290 g/mol. The first-order valence-corrected chi connectivity index (χ1v) is 8.16. The zero-order valence-corrected chi connectivity index (χ0v) is 14.1. The van der Waals surface area contributed by atoms with Crippen molar-refractivity contribution in [2.45, 2.75) is 51.8 Å². The summed E-state index contributed by atoms with van der Waals surface area (Å²) in [4.78, 5) is 2.57. The number of likely N-dealkylation sites (N-methyl/N-ethyl adjacent to an activating group) is 1. The van der Waals surface area contributed by atoms with Crippen LogP contribution in [0.5, 0.6) is 0 Å². The van der Waals surface area contributed by atoms with Crippen LogP contribution in [0.1, 0.15) is 50.8 Å². The van der Waals surface area contributed by atoms with Crippen LogP contribution in [-0.4, -0.2) is 43.8 Å². The minimum absolute atomic E-state index is 0.219. The monoisotopic (exact) mass is 290 g/mol. The molecule has 3 nitrogen and oxygen atoms in total. The Labute approximate surface area is 129 Å². The van der Waals surface area contributed by atoms with E-state index in [1.807, 2.05) is 7.05 Å². The summed E-state index contributed by atoms with van der Waals surface area (Å²) in [7, 11) is 2.00. The third-order valence-corrected chi connectivity index (χ3v) is 4.40. The Balaban J connectivity index is 2.28. The van der Waals surface area contributed by atoms with Gasteiger partial charge in [-0.2, -0.15) is 0 Å². The Morgan fingerprint density at radius 3 is 2.38 bits per heavy atom. The summed E-state index contributed by atoms with van der Waals surface area (Å²) in [6.07, 6.45) is 0.219. The Morgan fingerprint density at radius 2 is 1.86 bits per heavy atom. The molecule has 2 atom stereocenters. The van der Waals surface area contributed by atoms with Crippen LogP contribution in [0.15, 0.2) is 24.3 Å². The maximum atomic E-state index is 6.04. The average Bonchev–Trinajstić information content (AvgIpc) is 2.47. The van der Waals surface area contributed by atoms with E-state index in [4.69, 9.17) is 4.74 Å². The molecule has 1 aromatic rings. The normalized spacial score (nSPS) is 24.0. The number of rotatable bonds is 5. The summed E-state index contributed by atoms with van der Waals surface area (Å²) in [6, 6.07) is 9.97. The molecule has 1 aromatic carbocycles. The van der Waals surface area contributed by atoms with Crippen LogP contribution < -0.4 is 5.32 Å². The van der Waals surface area contributed by atoms with Gasteiger partial charge in [0.2, 0.25) is 0 Å². The second kappa shape index (κ2) is 7.39. The lowest BCUT2D eigenvalue weighted by molar-refractivity contribution is -0.0815. The molecule has 1 heterocycles. The SMILES string of the molecule is CNCC1OCCN(C(C)C)C1c1ccc(C(C)C)cc1. The standard InChI is InChI=1S/C18H30N2O/c1-13(2)15-6-8-16(9-7-15)18-17(12-19-5)21-11-10-20(18)14(3)4/h6-9,13-14,17-19H,10-12H2,1-5H3. The van der Waals surface area contributed by atoms with Crippen LogP contribution in [0.25, 0.3) is 0 Å². The van der Waals surface area contributed by atoms with E-state index in [2.05, 4.69) is 62.2 Å². The third-order valence-electron chi connectivity index (χ3n) is 4.40. The van der Waals surface area contributed by atoms with Crippen molar-refractivity contribution in [1.29, 1.82) is 0 Å². The van der Waals surface area contributed by atoms with E-state index in [1.54, 1.807) is 0 Å². The Kier molecular flexibility index (Phi) is 5.80. The molecular weight excluding hydrogens is 260 g/mol. The van der Waals surface area contributed by atoms with Crippen LogP contribution >= 0.6 is 0 Å². The molecule has 3 heteroatoms. The maximum Gasteiger partial charge on any atom is 0.0896 e. The molecule has 0 aromatic heterocycles. The fourth-order valence-corrected chi connectivity index (χ4v) is 3.19. The van der Waals surface area contributed by atoms with Gasteiger partial charge in [-0.25, -0.2) is 0 Å². The summed E-state index contributed by atoms with van der Waals surface area (Å²) < 4.78 is 6.04. The molecule has 1 aliphatic heterocycles. The van der Waals surface area contributed by atoms with Gasteiger partial charge < -0.3 is 10.1 Å². The van der Waals surface area contributed by atoms with Gasteiger partial charge in [-0.05, 0) is 37.9 Å². The lowest BCUT2D eigenvalue weighted by atomic mass is 9.93. The van der Waals surface area contributed by atoms with E-state index < -0.39 is 0 Å². The van der Waals surface area contributed by atoms with Gasteiger partial charge in [0, 0.05) is 19.1 Å². The van der Waals surface area contributed by atoms with Crippen molar-refractivity contribution in [3.05, 3.63) is 35.4 Å². The molecule has 0 radical (unpaired) electrons. The number of benzene rings is 1. The van der Waals surface area contributed by atoms with E-state index in [1.165, 1.54) is 11.1 Å². The van der Waals surface area contributed by atoms with Crippen LogP contribution in [-0.2, 0) is 4.74 Å². The van der Waals surface area contributed by atoms with Crippen molar-refractivity contribution < 1.29 is 4.74 Å². The molecule has 1 N–H and O–H groups in total. The lowest BCUT2D eigenvalue weighted by Crippen LogP contribution is -2.51. The second-order valence-corrected chi connectivity index (χ2v) is 6.56. The number of hydrogen-bond acceptors (Lipinski definition) is 3. The van der Waals surface area contributed by atoms with Crippen molar-refractivity contribution in [2.75, 3.05) is 26.7 Å². The molecule has 0 saturated carbocycles. The Morgan fingerprint density at radius 1 is 1.19 bits per heavy atom. The zero-order chi connectivity index (χ0) is 15.4. The highest BCUT2D eigenvalue weighted by atomic mass is 16.5. The van der Waals surface area contributed by atoms with E-state index >= 15 is 0 Å². The summed E-state index contributed by atoms with van der Waals surface area (Å²) in [6.45, 7) is 11.7. The summed E-state index contributed by atoms with van der Waals surface area (Å²) in [5.41, 5.74) is 2.77. The molecule has 1 fully saturated rings. The molecule has 2 unspecified atom stereocenters. The highest BCUT2D eigenvalue weighted by molar-refractivity contribution is 5.28. The van der Waals surface area contributed by atoms with Gasteiger partial charge in [0.1, 0.15) is 0 Å². The largest absolute Gasteiger partial charge is 0.374 e. The molecule has 2 rings (SSSR count). The topological polar surface area (TPSA) is 24.5 Å². The lowest BCUT2D eigenvalue weighted by Gasteiger charge is -2.43. The number of ether oxygens (including phenoxy) is 1. The molecule has 1 aliphatic rings. The molecule has 0 amide bonds. The smallest absolute Gasteiger partial charge is 0.0896 e. The molecule has 1 saturated heterocycles. The molecule has 0 bridgehead atoms. The van der Waals surface area contributed by atoms with Gasteiger partial charge in [-0.1, -0.05) is 38.1 Å². The van der Waals surface area contributed by atoms with Crippen molar-refractivity contribution >= 4 is 0 Å². The third kappa shape index (κ3) is 3.85. The zero-order valence-electron chi connectivity index (χ0n) is 14.1. The van der Waals surface area contributed by atoms with E-state index in [-0.39, 0.29) is 6.10 Å². The van der Waals surface area contributed by atoms with Gasteiger partial charge in [0.25, 0.3) is 0 Å². The van der Waals surface area contributed by atoms with Gasteiger partial charge in [-0.3, -0.25) is 4.90 Å². The van der Waals surface area contributed by atoms with Gasteiger partial charge in [-0.15, -0.1) is 0 Å². The molecule has 0 aliphatic carbocycles. The van der Waals surface area contributed by atoms with Crippen LogP contribution in [0, 0.1) is 0 Å². The van der Waals surface area contributed by atoms with Crippen LogP contribution in [0.4, 0.5) is 0 Å². The van der Waals surface area contributed by atoms with Gasteiger partial charge in [0.05, 0.1) is 18.8 Å². The fraction of sp³-hybridized carbons (Fsp3) is 0.667. The van der Waals surface area contributed by atoms with Gasteiger partial charge >= 0.3 is 0 Å². The van der Waals surface area contributed by atoms with Crippen LogP contribution in [0.2, 0.25) is 0 Å². The predicted octanol–water partition coefficient (Wildman–Crippen LogP) is 3.18. The number of morpholine rings is 1. The van der Waals surface area contributed by atoms with Crippen molar-refractivity contribution in [3.8, 4) is 0 Å². The first-order chi connectivity index (χ1) is 10.0. The molecular formula is C18H30N2O. The fourth-order valence-electron chi connectivity index (χ4n) is 3.19. The second-order valence-electron chi connectivity index (χ2n) is 6.56. The predicted molar refractivity (Wildman–Crippen MR) is 88.8 cm³/mol. The van der Waals surface area contributed by atoms with Gasteiger partial charge in [0.15, 0.2) is 0 Å². The van der Waals surface area contributed by atoms with Crippen molar-refractivity contribution in [1.82, 2.24) is 10.2 Å². The first-order valence-electron chi connectivity index (χ1n) is 8.16. The number of hydrogen-bond donors (Lipinski definition) is 1. The summed E-state index contributed by atoms with van der Waals surface area (Å²) in [5.74, 6) is 0.580. The first kappa shape index (κ1) is 16.5. The molecule has 118 valence electrons. The molecule has 0 spiro atoms. The highest BCUT2D eigenvalue weighted by Crippen LogP contribution is 2.31. The highest BCUT2D eigenvalue weighted by Gasteiger charge is 2.34. The summed E-state index contributed by atoms with van der Waals surface area (Å²) in [5, 5.41) is 3.27. The minimum Gasteiger partial charge on any atom is -0.374 e. The van der Waals surface area contributed by atoms with E-state index in [0.29, 0.717) is 18.0 Å². The number of nitrogens with one attached hydrogen (secondary N) is 1. The van der Waals surface area contributed by atoms with E-state index in [0.717, 1.165) is 19.7 Å². The maximum absolute atomic E-state index is 6.04. The van der Waals surface area contributed by atoms with E-state index in [9.17, 15) is 0 Å². The Bertz CT molecular complexity index is 425. The van der Waals surface area contributed by atoms with Crippen molar-refractivity contribution in [3.63, 3.8) is 0 Å². The van der Waals surface area contributed by atoms with Crippen molar-refractivity contribution in [2.24, 2.45) is 0 Å². The Hall–Kier alpha value is -0.900. The summed E-state index contributed by atoms with van der Waals surface area (Å²) >= 11 is 0. The van der Waals surface area contributed by atoms with Crippen LogP contribution in [0.3, 0.4) is 0 Å². The quantitative estimate of drug-likeness (QED) is 0.901. The number of nitrogens with zero attached hydrogens (tertiary/aromatic N) is 1. The molecule has 21 heavy (non-hydrogen) atoms. The minimum atomic E-state index is 0.219.